The van der Waals surface area contributed by atoms with Gasteiger partial charge in [0.1, 0.15) is 32.6 Å². The van der Waals surface area contributed by atoms with Crippen LogP contribution in [0.5, 0.6) is 17.2 Å². The molecule has 23 nitrogen and oxygen atoms in total. The van der Waals surface area contributed by atoms with E-state index >= 15 is 0 Å². The summed E-state index contributed by atoms with van der Waals surface area (Å²) >= 11 is 0. The molecule has 0 aliphatic heterocycles. The first-order valence-electron chi connectivity index (χ1n) is 16.0. The van der Waals surface area contributed by atoms with Gasteiger partial charge in [-0.15, -0.1) is 15.3 Å². The summed E-state index contributed by atoms with van der Waals surface area (Å²) in [4.78, 5) is -3.33. The number of phenolic OH excluding ortho intramolecular Hbond substituents is 2. The molecule has 0 saturated carbocycles. The van der Waals surface area contributed by atoms with Crippen molar-refractivity contribution in [1.29, 1.82) is 0 Å². The van der Waals surface area contributed by atoms with E-state index in [0.29, 0.717) is 0 Å². The van der Waals surface area contributed by atoms with E-state index in [2.05, 4.69) is 30.7 Å². The molecule has 0 atom stereocenters. The molecular formula is C33H26N8O15S4. The van der Waals surface area contributed by atoms with Crippen molar-refractivity contribution in [3.8, 4) is 17.2 Å². The summed E-state index contributed by atoms with van der Waals surface area (Å²) in [5.74, 6) is -1.73. The minimum absolute atomic E-state index is 0.0261. The Morgan fingerprint density at radius 3 is 1.27 bits per heavy atom. The molecule has 0 amide bonds. The van der Waals surface area contributed by atoms with Crippen LogP contribution in [0.15, 0.2) is 129 Å². The van der Waals surface area contributed by atoms with Crippen molar-refractivity contribution in [2.24, 2.45) is 30.7 Å². The van der Waals surface area contributed by atoms with E-state index < -0.39 is 82.9 Å². The monoisotopic (exact) mass is 902 g/mol. The summed E-state index contributed by atoms with van der Waals surface area (Å²) in [6, 6.07) is 14.6. The third-order valence-electron chi connectivity index (χ3n) is 8.28. The van der Waals surface area contributed by atoms with Gasteiger partial charge in [-0.25, -0.2) is 0 Å². The summed E-state index contributed by atoms with van der Waals surface area (Å²) in [5.41, 5.74) is 10.1. The van der Waals surface area contributed by atoms with Crippen molar-refractivity contribution in [2.45, 2.75) is 19.6 Å². The Balaban J connectivity index is 1.26. The molecule has 0 aliphatic rings. The van der Waals surface area contributed by atoms with Crippen molar-refractivity contribution < 1.29 is 66.8 Å². The maximum absolute atomic E-state index is 12.3. The molecule has 312 valence electrons. The SMILES string of the molecule is COc1cc(N=Nc2ccc(N=Nc3c(S(=O)(=O)O)cc4cc(S(=O)(=O)O)cc(N)c4c3O)cc2)ccc1N=Nc1c(S(=O)(=O)O)cc2cc(S(=O)(=O)O)cc(N)c2c1O. The van der Waals surface area contributed by atoms with Gasteiger partial charge in [0.25, 0.3) is 40.5 Å². The lowest BCUT2D eigenvalue weighted by molar-refractivity contribution is 0.416. The maximum Gasteiger partial charge on any atom is 0.296 e. The number of nitrogens with two attached hydrogens (primary N) is 2. The minimum atomic E-state index is -5.11. The molecule has 0 saturated heterocycles. The second-order valence-corrected chi connectivity index (χ2v) is 17.9. The molecule has 0 aliphatic carbocycles. The van der Waals surface area contributed by atoms with Crippen LogP contribution in [-0.2, 0) is 40.5 Å². The highest BCUT2D eigenvalue weighted by atomic mass is 32.2. The van der Waals surface area contributed by atoms with E-state index in [4.69, 9.17) is 16.2 Å². The van der Waals surface area contributed by atoms with E-state index in [1.807, 2.05) is 0 Å². The smallest absolute Gasteiger partial charge is 0.296 e. The standard InChI is InChI=1S/C33H26N8O15S4/c1-56-25-12-19(6-7-24(25)39-41-31-27(60(53,54)55)11-16-9-21(58(47,48)49)14-23(35)29(16)33(31)43)38-36-17-2-4-18(5-3-17)37-40-30-26(59(50,51)52)10-15-8-20(57(44,45)46)13-22(34)28(15)32(30)42/h2-14,42-43H,34-35H2,1H3,(H,44,45,46)(H,47,48,49)(H,50,51,52)(H,53,54,55). The number of methoxy groups -OCH3 is 1. The molecule has 0 bridgehead atoms. The predicted octanol–water partition coefficient (Wildman–Crippen LogP) is 6.81. The predicted molar refractivity (Wildman–Crippen MR) is 211 cm³/mol. The number of rotatable bonds is 11. The molecule has 0 aromatic heterocycles. The Morgan fingerprint density at radius 2 is 0.867 bits per heavy atom. The third kappa shape index (κ3) is 8.81. The zero-order chi connectivity index (χ0) is 44.1. The first-order chi connectivity index (χ1) is 27.9. The molecule has 0 radical (unpaired) electrons. The van der Waals surface area contributed by atoms with Crippen molar-refractivity contribution in [3.63, 3.8) is 0 Å². The van der Waals surface area contributed by atoms with Crippen LogP contribution in [0.25, 0.3) is 21.5 Å². The Morgan fingerprint density at radius 1 is 0.483 bits per heavy atom. The molecule has 60 heavy (non-hydrogen) atoms. The zero-order valence-corrected chi connectivity index (χ0v) is 33.1. The highest BCUT2D eigenvalue weighted by Crippen LogP contribution is 2.46. The van der Waals surface area contributed by atoms with E-state index in [9.17, 15) is 62.1 Å². The van der Waals surface area contributed by atoms with Crippen molar-refractivity contribution in [2.75, 3.05) is 18.6 Å². The van der Waals surface area contributed by atoms with Gasteiger partial charge >= 0.3 is 0 Å². The van der Waals surface area contributed by atoms with Crippen molar-refractivity contribution in [1.82, 2.24) is 0 Å². The molecular weight excluding hydrogens is 877 g/mol. The van der Waals surface area contributed by atoms with E-state index in [1.165, 1.54) is 49.6 Å². The summed E-state index contributed by atoms with van der Waals surface area (Å²) in [5, 5.41) is 44.4. The number of nitrogens with zero attached hydrogens (tertiary/aromatic N) is 6. The lowest BCUT2D eigenvalue weighted by atomic mass is 10.1. The molecule has 0 unspecified atom stereocenters. The highest BCUT2D eigenvalue weighted by Gasteiger charge is 2.26. The zero-order valence-electron chi connectivity index (χ0n) is 29.8. The molecule has 6 aromatic rings. The summed E-state index contributed by atoms with van der Waals surface area (Å²) in [7, 11) is -18.5. The Kier molecular flexibility index (Phi) is 11.1. The first kappa shape index (κ1) is 42.9. The van der Waals surface area contributed by atoms with Gasteiger partial charge in [-0.05, 0) is 83.6 Å². The van der Waals surface area contributed by atoms with Gasteiger partial charge in [0.05, 0.1) is 34.0 Å². The fourth-order valence-electron chi connectivity index (χ4n) is 5.59. The highest BCUT2D eigenvalue weighted by molar-refractivity contribution is 7.86. The average molecular weight is 903 g/mol. The summed E-state index contributed by atoms with van der Waals surface area (Å²) in [6.07, 6.45) is 0. The van der Waals surface area contributed by atoms with Gasteiger partial charge in [0.2, 0.25) is 0 Å². The number of nitrogen functional groups attached to an aromatic ring is 2. The largest absolute Gasteiger partial charge is 0.505 e. The van der Waals surface area contributed by atoms with Gasteiger partial charge in [-0.3, -0.25) is 18.2 Å². The fourth-order valence-corrected chi connectivity index (χ4v) is 8.01. The molecule has 0 heterocycles. The Bertz CT molecular complexity index is 3340. The molecule has 27 heteroatoms. The quantitative estimate of drug-likeness (QED) is 0.0376. The Hall–Kier alpha value is -6.72. The number of hydrogen-bond acceptors (Lipinski definition) is 19. The lowest BCUT2D eigenvalue weighted by Crippen LogP contribution is -2.02. The number of benzene rings is 6. The number of fused-ring (bicyclic) bond motifs is 2. The fraction of sp³-hybridized carbons (Fsp3) is 0.0303. The van der Waals surface area contributed by atoms with E-state index in [-0.39, 0.29) is 61.4 Å². The summed E-state index contributed by atoms with van der Waals surface area (Å²) < 4.78 is 139. The van der Waals surface area contributed by atoms with Crippen LogP contribution in [0.4, 0.5) is 45.5 Å². The van der Waals surface area contributed by atoms with Gasteiger partial charge < -0.3 is 26.4 Å². The van der Waals surface area contributed by atoms with Crippen LogP contribution in [0.2, 0.25) is 0 Å². The lowest BCUT2D eigenvalue weighted by Gasteiger charge is -2.12. The van der Waals surface area contributed by atoms with Crippen LogP contribution >= 0.6 is 0 Å². The molecule has 10 N–H and O–H groups in total. The number of hydrogen-bond donors (Lipinski definition) is 8. The van der Waals surface area contributed by atoms with Crippen LogP contribution in [0, 0.1) is 0 Å². The molecule has 6 rings (SSSR count). The van der Waals surface area contributed by atoms with E-state index in [1.54, 1.807) is 0 Å². The van der Waals surface area contributed by atoms with E-state index in [0.717, 1.165) is 36.4 Å². The topological polar surface area (TPSA) is 393 Å². The van der Waals surface area contributed by atoms with Gasteiger partial charge in [0.15, 0.2) is 11.5 Å². The van der Waals surface area contributed by atoms with Crippen LogP contribution in [0.3, 0.4) is 0 Å². The van der Waals surface area contributed by atoms with Crippen LogP contribution < -0.4 is 16.2 Å². The number of phenols is 2. The molecule has 0 spiro atoms. The molecule has 0 fully saturated rings. The second-order valence-electron chi connectivity index (χ2n) is 12.2. The minimum Gasteiger partial charge on any atom is -0.505 e. The van der Waals surface area contributed by atoms with Crippen molar-refractivity contribution in [3.05, 3.63) is 78.9 Å². The Labute approximate surface area is 338 Å². The normalized spacial score (nSPS) is 13.0. The van der Waals surface area contributed by atoms with Crippen molar-refractivity contribution >= 4 is 108 Å². The molecule has 6 aromatic carbocycles. The number of aromatic hydroxyl groups is 2. The average Bonchev–Trinajstić information content (AvgIpc) is 3.14. The second kappa shape index (κ2) is 15.5. The number of azo groups is 3. The number of ether oxygens (including phenoxy) is 1. The van der Waals surface area contributed by atoms with Gasteiger partial charge in [-0.1, -0.05) is 0 Å². The van der Waals surface area contributed by atoms with Crippen LogP contribution in [0.1, 0.15) is 0 Å². The van der Waals surface area contributed by atoms with Crippen LogP contribution in [-0.4, -0.2) is 69.2 Å². The van der Waals surface area contributed by atoms with Gasteiger partial charge in [-0.2, -0.15) is 49.0 Å². The van der Waals surface area contributed by atoms with Gasteiger partial charge in [0, 0.05) is 28.2 Å². The maximum atomic E-state index is 12.3. The summed E-state index contributed by atoms with van der Waals surface area (Å²) in [6.45, 7) is 0. The third-order valence-corrected chi connectivity index (χ3v) is 11.7. The number of anilines is 2. The first-order valence-corrected chi connectivity index (χ1v) is 21.7.